The molecular weight excluding hydrogens is 479 g/mol. The van der Waals surface area contributed by atoms with Crippen molar-refractivity contribution in [3.8, 4) is 11.5 Å². The molecule has 0 aliphatic heterocycles. The highest BCUT2D eigenvalue weighted by Gasteiger charge is 2.32. The van der Waals surface area contributed by atoms with Gasteiger partial charge >= 0.3 is 0 Å². The summed E-state index contributed by atoms with van der Waals surface area (Å²) in [6.45, 7) is 7.34. The largest absolute Gasteiger partial charge is 0.493 e. The quantitative estimate of drug-likeness (QED) is 0.192. The zero-order valence-electron chi connectivity index (χ0n) is 18.7. The second-order valence-electron chi connectivity index (χ2n) is 7.54. The molecule has 1 unspecified atom stereocenters. The molecule has 0 aromatic heterocycles. The third-order valence-electron chi connectivity index (χ3n) is 5.07. The maximum Gasteiger partial charge on any atom is 0.191 e. The molecule has 6 nitrogen and oxygen atoms in total. The van der Waals surface area contributed by atoms with Crippen molar-refractivity contribution in [3.05, 3.63) is 23.8 Å². The Morgan fingerprint density at radius 3 is 2.55 bits per heavy atom. The summed E-state index contributed by atoms with van der Waals surface area (Å²) in [6.07, 6.45) is 4.70. The van der Waals surface area contributed by atoms with E-state index in [1.54, 1.807) is 7.11 Å². The Bertz CT molecular complexity index is 619. The van der Waals surface area contributed by atoms with Crippen LogP contribution >= 0.6 is 24.0 Å². The van der Waals surface area contributed by atoms with Crippen LogP contribution in [0.3, 0.4) is 0 Å². The molecule has 1 aliphatic carbocycles. The standard InChI is InChI=1S/C22H38N4O2.HI/c1-6-23-22(25-16-19(26(3)4)18-11-12-18)24-14-8-9-17-10-13-20(27-5)21(15-17)28-7-2;/h10,13,15,18-19H,6-9,11-12,14,16H2,1-5H3,(H2,23,24,25);1H. The molecule has 1 aromatic carbocycles. The molecule has 0 heterocycles. The third kappa shape index (κ3) is 8.99. The summed E-state index contributed by atoms with van der Waals surface area (Å²) in [7, 11) is 5.99. The minimum absolute atomic E-state index is 0. The molecule has 1 fully saturated rings. The molecule has 1 aromatic rings. The van der Waals surface area contributed by atoms with Gasteiger partial charge in [-0.05, 0) is 77.2 Å². The zero-order valence-corrected chi connectivity index (χ0v) is 21.0. The minimum atomic E-state index is 0. The van der Waals surface area contributed by atoms with Crippen LogP contribution in [0.1, 0.15) is 38.7 Å². The molecular formula is C22H39IN4O2. The molecule has 29 heavy (non-hydrogen) atoms. The van der Waals surface area contributed by atoms with E-state index >= 15 is 0 Å². The number of guanidine groups is 1. The molecule has 0 spiro atoms. The molecule has 0 bridgehead atoms. The summed E-state index contributed by atoms with van der Waals surface area (Å²) in [6, 6.07) is 6.72. The molecule has 1 aliphatic rings. The van der Waals surface area contributed by atoms with Gasteiger partial charge in [0.1, 0.15) is 0 Å². The monoisotopic (exact) mass is 518 g/mol. The number of aryl methyl sites for hydroxylation is 1. The normalized spacial score (nSPS) is 14.9. The Morgan fingerprint density at radius 2 is 1.97 bits per heavy atom. The Balaban J connectivity index is 0.00000420. The number of rotatable bonds is 12. The molecule has 7 heteroatoms. The fraction of sp³-hybridized carbons (Fsp3) is 0.682. The first kappa shape index (κ1) is 25.8. The summed E-state index contributed by atoms with van der Waals surface area (Å²) in [5, 5.41) is 6.83. The van der Waals surface area contributed by atoms with Gasteiger partial charge in [0.05, 0.1) is 20.3 Å². The molecule has 0 radical (unpaired) electrons. The van der Waals surface area contributed by atoms with Crippen molar-refractivity contribution >= 4 is 29.9 Å². The molecule has 0 amide bonds. The Labute approximate surface area is 193 Å². The lowest BCUT2D eigenvalue weighted by Gasteiger charge is -2.23. The van der Waals surface area contributed by atoms with Gasteiger partial charge in [0.25, 0.3) is 0 Å². The van der Waals surface area contributed by atoms with E-state index in [1.807, 2.05) is 13.0 Å². The average Bonchev–Trinajstić information content (AvgIpc) is 3.50. The van der Waals surface area contributed by atoms with Crippen molar-refractivity contribution in [2.75, 3.05) is 47.4 Å². The molecule has 2 N–H and O–H groups in total. The van der Waals surface area contributed by atoms with Crippen LogP contribution in [0.25, 0.3) is 0 Å². The lowest BCUT2D eigenvalue weighted by molar-refractivity contribution is 0.271. The predicted octanol–water partition coefficient (Wildman–Crippen LogP) is 3.54. The highest BCUT2D eigenvalue weighted by molar-refractivity contribution is 14.0. The van der Waals surface area contributed by atoms with Gasteiger partial charge in [-0.1, -0.05) is 6.07 Å². The van der Waals surface area contributed by atoms with Crippen LogP contribution in [-0.2, 0) is 6.42 Å². The number of halogens is 1. The van der Waals surface area contributed by atoms with E-state index < -0.39 is 0 Å². The van der Waals surface area contributed by atoms with Crippen molar-refractivity contribution in [1.82, 2.24) is 15.5 Å². The summed E-state index contributed by atoms with van der Waals surface area (Å²) >= 11 is 0. The van der Waals surface area contributed by atoms with Crippen LogP contribution in [0, 0.1) is 5.92 Å². The van der Waals surface area contributed by atoms with Crippen molar-refractivity contribution < 1.29 is 9.47 Å². The maximum atomic E-state index is 5.67. The lowest BCUT2D eigenvalue weighted by Crippen LogP contribution is -2.40. The Kier molecular flexibility index (Phi) is 12.4. The van der Waals surface area contributed by atoms with E-state index in [1.165, 1.54) is 18.4 Å². The Hall–Kier alpha value is -1.22. The second kappa shape index (κ2) is 13.9. The number of ether oxygens (including phenoxy) is 2. The SMILES string of the molecule is CCNC(=NCC(C1CC1)N(C)C)NCCCc1ccc(OC)c(OCC)c1.I. The van der Waals surface area contributed by atoms with Gasteiger partial charge in [0.2, 0.25) is 0 Å². The van der Waals surface area contributed by atoms with E-state index in [4.69, 9.17) is 14.5 Å². The summed E-state index contributed by atoms with van der Waals surface area (Å²) in [4.78, 5) is 7.13. The van der Waals surface area contributed by atoms with E-state index in [-0.39, 0.29) is 24.0 Å². The van der Waals surface area contributed by atoms with E-state index in [2.05, 4.69) is 48.7 Å². The predicted molar refractivity (Wildman–Crippen MR) is 132 cm³/mol. The van der Waals surface area contributed by atoms with Gasteiger partial charge in [-0.2, -0.15) is 0 Å². The van der Waals surface area contributed by atoms with Crippen LogP contribution in [-0.4, -0.2) is 64.3 Å². The van der Waals surface area contributed by atoms with Gasteiger partial charge in [-0.15, -0.1) is 24.0 Å². The van der Waals surface area contributed by atoms with Crippen LogP contribution in [0.15, 0.2) is 23.2 Å². The maximum absolute atomic E-state index is 5.67. The van der Waals surface area contributed by atoms with Crippen molar-refractivity contribution in [3.63, 3.8) is 0 Å². The summed E-state index contributed by atoms with van der Waals surface area (Å²) in [5.41, 5.74) is 1.26. The van der Waals surface area contributed by atoms with Crippen LogP contribution in [0.5, 0.6) is 11.5 Å². The molecule has 1 saturated carbocycles. The highest BCUT2D eigenvalue weighted by Crippen LogP contribution is 2.34. The van der Waals surface area contributed by atoms with Crippen LogP contribution in [0.2, 0.25) is 0 Å². The Morgan fingerprint density at radius 1 is 1.21 bits per heavy atom. The van der Waals surface area contributed by atoms with Gasteiger partial charge in [0, 0.05) is 19.1 Å². The molecule has 1 atom stereocenters. The summed E-state index contributed by atoms with van der Waals surface area (Å²) < 4.78 is 11.0. The number of hydrogen-bond donors (Lipinski definition) is 2. The van der Waals surface area contributed by atoms with Gasteiger partial charge in [-0.3, -0.25) is 4.99 Å². The van der Waals surface area contributed by atoms with Crippen LogP contribution < -0.4 is 20.1 Å². The number of methoxy groups -OCH3 is 1. The average molecular weight is 518 g/mol. The molecule has 166 valence electrons. The van der Waals surface area contributed by atoms with E-state index in [0.717, 1.165) is 55.9 Å². The van der Waals surface area contributed by atoms with Gasteiger partial charge in [0.15, 0.2) is 17.5 Å². The number of aliphatic imine (C=N–C) groups is 1. The second-order valence-corrected chi connectivity index (χ2v) is 7.54. The van der Waals surface area contributed by atoms with Crippen LogP contribution in [0.4, 0.5) is 0 Å². The zero-order chi connectivity index (χ0) is 20.4. The van der Waals surface area contributed by atoms with E-state index in [0.29, 0.717) is 12.6 Å². The number of nitrogens with zero attached hydrogens (tertiary/aromatic N) is 2. The summed E-state index contributed by atoms with van der Waals surface area (Å²) in [5.74, 6) is 3.34. The van der Waals surface area contributed by atoms with Crippen molar-refractivity contribution in [2.45, 2.75) is 45.6 Å². The fourth-order valence-corrected chi connectivity index (χ4v) is 3.39. The van der Waals surface area contributed by atoms with Gasteiger partial charge in [-0.25, -0.2) is 0 Å². The first-order chi connectivity index (χ1) is 13.6. The topological polar surface area (TPSA) is 58.1 Å². The lowest BCUT2D eigenvalue weighted by atomic mass is 10.1. The smallest absolute Gasteiger partial charge is 0.191 e. The highest BCUT2D eigenvalue weighted by atomic mass is 127. The fourth-order valence-electron chi connectivity index (χ4n) is 3.39. The van der Waals surface area contributed by atoms with Crippen molar-refractivity contribution in [1.29, 1.82) is 0 Å². The number of benzene rings is 1. The third-order valence-corrected chi connectivity index (χ3v) is 5.07. The van der Waals surface area contributed by atoms with Crippen molar-refractivity contribution in [2.24, 2.45) is 10.9 Å². The molecule has 2 rings (SSSR count). The van der Waals surface area contributed by atoms with Gasteiger partial charge < -0.3 is 25.0 Å². The first-order valence-electron chi connectivity index (χ1n) is 10.6. The number of nitrogens with one attached hydrogen (secondary N) is 2. The molecule has 0 saturated heterocycles. The first-order valence-corrected chi connectivity index (χ1v) is 10.6. The van der Waals surface area contributed by atoms with E-state index in [9.17, 15) is 0 Å². The minimum Gasteiger partial charge on any atom is -0.493 e. The number of hydrogen-bond acceptors (Lipinski definition) is 4. The number of likely N-dealkylation sites (N-methyl/N-ethyl adjacent to an activating group) is 1.